The van der Waals surface area contributed by atoms with E-state index in [1.807, 2.05) is 0 Å². The van der Waals surface area contributed by atoms with Crippen LogP contribution in [0.25, 0.3) is 0 Å². The lowest BCUT2D eigenvalue weighted by molar-refractivity contribution is -0.153. The normalized spacial score (nSPS) is 14.1. The second kappa shape index (κ2) is 3.48. The minimum atomic E-state index is -1.48. The van der Waals surface area contributed by atoms with E-state index in [0.29, 0.717) is 6.29 Å². The van der Waals surface area contributed by atoms with Gasteiger partial charge >= 0.3 is 5.97 Å². The molecule has 0 saturated heterocycles. The Morgan fingerprint density at radius 1 is 1.64 bits per heavy atom. The highest BCUT2D eigenvalue weighted by Crippen LogP contribution is 2.23. The second-order valence-corrected chi connectivity index (χ2v) is 3.10. The molecule has 2 N–H and O–H groups in total. The maximum atomic E-state index is 10.3. The first kappa shape index (κ1) is 10.1. The SMILES string of the molecule is CC(C)(CC=O)C(O)C(=O)O. The smallest absolute Gasteiger partial charge is 0.333 e. The topological polar surface area (TPSA) is 74.6 Å². The van der Waals surface area contributed by atoms with Gasteiger partial charge in [-0.3, -0.25) is 0 Å². The predicted molar refractivity (Wildman–Crippen MR) is 38.1 cm³/mol. The summed E-state index contributed by atoms with van der Waals surface area (Å²) < 4.78 is 0. The molecule has 0 aromatic carbocycles. The Balaban J connectivity index is 4.27. The summed E-state index contributed by atoms with van der Waals surface area (Å²) in [5, 5.41) is 17.4. The third kappa shape index (κ3) is 2.67. The van der Waals surface area contributed by atoms with E-state index in [-0.39, 0.29) is 6.42 Å². The molecular formula is C7H12O4. The van der Waals surface area contributed by atoms with Crippen molar-refractivity contribution in [3.05, 3.63) is 0 Å². The van der Waals surface area contributed by atoms with Crippen LogP contribution in [0.15, 0.2) is 0 Å². The first-order chi connectivity index (χ1) is 4.91. The molecule has 0 aliphatic rings. The molecule has 0 bridgehead atoms. The van der Waals surface area contributed by atoms with Gasteiger partial charge in [-0.1, -0.05) is 13.8 Å². The molecule has 4 heteroatoms. The molecule has 0 heterocycles. The highest BCUT2D eigenvalue weighted by molar-refractivity contribution is 5.73. The van der Waals surface area contributed by atoms with Gasteiger partial charge in [0.25, 0.3) is 0 Å². The third-order valence-electron chi connectivity index (χ3n) is 1.58. The molecule has 1 unspecified atom stereocenters. The fourth-order valence-corrected chi connectivity index (χ4v) is 0.661. The van der Waals surface area contributed by atoms with Crippen molar-refractivity contribution >= 4 is 12.3 Å². The predicted octanol–water partition coefficient (Wildman–Crippen LogP) is 0.0471. The van der Waals surface area contributed by atoms with Gasteiger partial charge in [0.2, 0.25) is 0 Å². The molecule has 64 valence electrons. The quantitative estimate of drug-likeness (QED) is 0.570. The molecule has 11 heavy (non-hydrogen) atoms. The lowest BCUT2D eigenvalue weighted by Gasteiger charge is -2.24. The summed E-state index contributed by atoms with van der Waals surface area (Å²) in [6.07, 6.45) is -0.834. The Morgan fingerprint density at radius 3 is 2.36 bits per heavy atom. The number of hydrogen-bond acceptors (Lipinski definition) is 3. The molecule has 1 atom stereocenters. The average molecular weight is 160 g/mol. The van der Waals surface area contributed by atoms with E-state index >= 15 is 0 Å². The summed E-state index contributed by atoms with van der Waals surface area (Å²) in [4.78, 5) is 20.3. The highest BCUT2D eigenvalue weighted by Gasteiger charge is 2.32. The van der Waals surface area contributed by atoms with Crippen LogP contribution in [0.3, 0.4) is 0 Å². The molecule has 0 aromatic rings. The summed E-state index contributed by atoms with van der Waals surface area (Å²) in [7, 11) is 0. The Morgan fingerprint density at radius 2 is 2.09 bits per heavy atom. The monoisotopic (exact) mass is 160 g/mol. The highest BCUT2D eigenvalue weighted by atomic mass is 16.4. The zero-order chi connectivity index (χ0) is 9.07. The van der Waals surface area contributed by atoms with Crippen LogP contribution in [0.1, 0.15) is 20.3 Å². The summed E-state index contributed by atoms with van der Waals surface area (Å²) in [5.74, 6) is -1.29. The van der Waals surface area contributed by atoms with Gasteiger partial charge in [-0.2, -0.15) is 0 Å². The van der Waals surface area contributed by atoms with Crippen molar-refractivity contribution in [2.75, 3.05) is 0 Å². The van der Waals surface area contributed by atoms with Crippen LogP contribution in [0.4, 0.5) is 0 Å². The molecule has 0 aliphatic heterocycles. The van der Waals surface area contributed by atoms with Gasteiger partial charge in [-0.25, -0.2) is 4.79 Å². The van der Waals surface area contributed by atoms with Crippen LogP contribution >= 0.6 is 0 Å². The van der Waals surface area contributed by atoms with Gasteiger partial charge in [0.15, 0.2) is 6.10 Å². The van der Waals surface area contributed by atoms with Crippen molar-refractivity contribution in [3.63, 3.8) is 0 Å². The summed E-state index contributed by atoms with van der Waals surface area (Å²) in [5.41, 5.74) is -0.881. The van der Waals surface area contributed by atoms with Crippen molar-refractivity contribution in [3.8, 4) is 0 Å². The molecule has 0 aromatic heterocycles. The maximum Gasteiger partial charge on any atom is 0.333 e. The van der Waals surface area contributed by atoms with Gasteiger partial charge in [-0.05, 0) is 0 Å². The Kier molecular flexibility index (Phi) is 3.19. The zero-order valence-corrected chi connectivity index (χ0v) is 6.57. The summed E-state index contributed by atoms with van der Waals surface area (Å²) in [6.45, 7) is 3.06. The number of carbonyl (C=O) groups is 2. The van der Waals surface area contributed by atoms with E-state index in [1.165, 1.54) is 13.8 Å². The van der Waals surface area contributed by atoms with Crippen molar-refractivity contribution in [2.24, 2.45) is 5.41 Å². The van der Waals surface area contributed by atoms with Gasteiger partial charge in [-0.15, -0.1) is 0 Å². The van der Waals surface area contributed by atoms with Crippen LogP contribution in [0.2, 0.25) is 0 Å². The number of carboxylic acids is 1. The molecule has 0 aliphatic carbocycles. The Bertz CT molecular complexity index is 162. The number of aliphatic carboxylic acids is 1. The number of aldehydes is 1. The number of carboxylic acid groups (broad SMARTS) is 1. The van der Waals surface area contributed by atoms with E-state index < -0.39 is 17.5 Å². The summed E-state index contributed by atoms with van der Waals surface area (Å²) in [6, 6.07) is 0. The van der Waals surface area contributed by atoms with Crippen LogP contribution in [0, 0.1) is 5.41 Å². The van der Waals surface area contributed by atoms with E-state index in [2.05, 4.69) is 0 Å². The number of aliphatic hydroxyl groups excluding tert-OH is 1. The van der Waals surface area contributed by atoms with E-state index in [0.717, 1.165) is 0 Å². The van der Waals surface area contributed by atoms with Crippen LogP contribution in [0.5, 0.6) is 0 Å². The number of aliphatic hydroxyl groups is 1. The molecule has 0 fully saturated rings. The first-order valence-corrected chi connectivity index (χ1v) is 3.26. The molecule has 0 rings (SSSR count). The molecule has 4 nitrogen and oxygen atoms in total. The van der Waals surface area contributed by atoms with Crippen molar-refractivity contribution in [2.45, 2.75) is 26.4 Å². The molecule has 0 saturated carbocycles. The minimum absolute atomic E-state index is 0.0421. The second-order valence-electron chi connectivity index (χ2n) is 3.10. The van der Waals surface area contributed by atoms with Crippen molar-refractivity contribution in [1.29, 1.82) is 0 Å². The zero-order valence-electron chi connectivity index (χ0n) is 6.57. The van der Waals surface area contributed by atoms with E-state index in [9.17, 15) is 9.59 Å². The number of hydrogen-bond donors (Lipinski definition) is 2. The molecule has 0 radical (unpaired) electrons. The average Bonchev–Trinajstić information content (AvgIpc) is 1.86. The maximum absolute atomic E-state index is 10.3. The molecular weight excluding hydrogens is 148 g/mol. The van der Waals surface area contributed by atoms with Gasteiger partial charge in [0.05, 0.1) is 0 Å². The van der Waals surface area contributed by atoms with Gasteiger partial charge in [0, 0.05) is 11.8 Å². The standard InChI is InChI=1S/C7H12O4/c1-7(2,3-4-8)5(9)6(10)11/h4-5,9H,3H2,1-2H3,(H,10,11). The molecule has 0 amide bonds. The minimum Gasteiger partial charge on any atom is -0.479 e. The van der Waals surface area contributed by atoms with Crippen LogP contribution < -0.4 is 0 Å². The largest absolute Gasteiger partial charge is 0.479 e. The Labute approximate surface area is 64.8 Å². The van der Waals surface area contributed by atoms with Crippen molar-refractivity contribution < 1.29 is 19.8 Å². The molecule has 0 spiro atoms. The van der Waals surface area contributed by atoms with Gasteiger partial charge in [0.1, 0.15) is 6.29 Å². The van der Waals surface area contributed by atoms with E-state index in [1.54, 1.807) is 0 Å². The Hall–Kier alpha value is -0.900. The fraction of sp³-hybridized carbons (Fsp3) is 0.714. The van der Waals surface area contributed by atoms with Crippen LogP contribution in [-0.2, 0) is 9.59 Å². The third-order valence-corrected chi connectivity index (χ3v) is 1.58. The van der Waals surface area contributed by atoms with Gasteiger partial charge < -0.3 is 15.0 Å². The first-order valence-electron chi connectivity index (χ1n) is 3.26. The lowest BCUT2D eigenvalue weighted by Crippen LogP contribution is -2.36. The van der Waals surface area contributed by atoms with Crippen LogP contribution in [-0.4, -0.2) is 28.6 Å². The van der Waals surface area contributed by atoms with E-state index in [4.69, 9.17) is 10.2 Å². The van der Waals surface area contributed by atoms with Crippen molar-refractivity contribution in [1.82, 2.24) is 0 Å². The summed E-state index contributed by atoms with van der Waals surface area (Å²) >= 11 is 0. The number of rotatable bonds is 4. The number of carbonyl (C=O) groups excluding carboxylic acids is 1. The lowest BCUT2D eigenvalue weighted by atomic mass is 9.84. The fourth-order valence-electron chi connectivity index (χ4n) is 0.661.